The second-order valence-corrected chi connectivity index (χ2v) is 2.23. The van der Waals surface area contributed by atoms with Crippen molar-refractivity contribution in [2.24, 2.45) is 0 Å². The summed E-state index contributed by atoms with van der Waals surface area (Å²) < 4.78 is 4.89. The normalized spacial score (nSPS) is 31.3. The molecule has 3 heteroatoms. The summed E-state index contributed by atoms with van der Waals surface area (Å²) in [7, 11) is 0. The maximum Gasteiger partial charge on any atom is 0.139 e. The third-order valence-corrected chi connectivity index (χ3v) is 1.61. The Kier molecular flexibility index (Phi) is 1.97. The number of rotatable bonds is 1. The first-order chi connectivity index (χ1) is 3.43. The Hall–Kier alpha value is 0.270. The van der Waals surface area contributed by atoms with Gasteiger partial charge in [0.15, 0.2) is 0 Å². The van der Waals surface area contributed by atoms with E-state index in [1.54, 1.807) is 17.7 Å². The van der Waals surface area contributed by atoms with Crippen LogP contribution in [0.1, 0.15) is 0 Å². The van der Waals surface area contributed by atoms with E-state index in [4.69, 9.17) is 9.84 Å². The fourth-order valence-electron chi connectivity index (χ4n) is 0.399. The van der Waals surface area contributed by atoms with E-state index in [-0.39, 0.29) is 12.7 Å². The van der Waals surface area contributed by atoms with Gasteiger partial charge in [-0.1, -0.05) is 0 Å². The van der Waals surface area contributed by atoms with Crippen LogP contribution in [0.4, 0.5) is 0 Å². The van der Waals surface area contributed by atoms with Crippen LogP contribution in [0.2, 0.25) is 0 Å². The first-order valence-corrected chi connectivity index (χ1v) is 3.18. The summed E-state index contributed by atoms with van der Waals surface area (Å²) in [5.41, 5.74) is 0. The minimum absolute atomic E-state index is 0.0602. The average molecular weight is 119 g/mol. The molecule has 1 aliphatic rings. The van der Waals surface area contributed by atoms with Gasteiger partial charge >= 0.3 is 0 Å². The molecule has 1 radical (unpaired) electrons. The van der Waals surface area contributed by atoms with Crippen molar-refractivity contribution in [2.75, 3.05) is 12.4 Å². The first-order valence-electron chi connectivity index (χ1n) is 2.13. The van der Waals surface area contributed by atoms with Crippen LogP contribution in [0.3, 0.4) is 0 Å². The van der Waals surface area contributed by atoms with Crippen molar-refractivity contribution in [2.45, 2.75) is 6.10 Å². The summed E-state index contributed by atoms with van der Waals surface area (Å²) in [4.78, 5) is 0. The van der Waals surface area contributed by atoms with Crippen LogP contribution in [-0.4, -0.2) is 23.6 Å². The van der Waals surface area contributed by atoms with Gasteiger partial charge in [0.1, 0.15) is 5.94 Å². The van der Waals surface area contributed by atoms with Gasteiger partial charge in [0.25, 0.3) is 0 Å². The lowest BCUT2D eigenvalue weighted by atomic mass is 10.4. The molecule has 1 unspecified atom stereocenters. The minimum Gasteiger partial charge on any atom is -0.394 e. The van der Waals surface area contributed by atoms with Gasteiger partial charge < -0.3 is 9.84 Å². The first kappa shape index (κ1) is 5.41. The van der Waals surface area contributed by atoms with Crippen molar-refractivity contribution in [1.29, 1.82) is 0 Å². The molecule has 0 saturated carbocycles. The summed E-state index contributed by atoms with van der Waals surface area (Å²) in [6, 6.07) is 0. The highest BCUT2D eigenvalue weighted by molar-refractivity contribution is 8.01. The standard InChI is InChI=1S/C4H7O2S/c5-1-4-2-7-3-6-4/h3-5H,1-2H2. The van der Waals surface area contributed by atoms with Crippen LogP contribution in [0.5, 0.6) is 0 Å². The van der Waals surface area contributed by atoms with Crippen molar-refractivity contribution >= 4 is 11.8 Å². The van der Waals surface area contributed by atoms with E-state index >= 15 is 0 Å². The Bertz CT molecular complexity index is 51.7. The third kappa shape index (κ3) is 1.33. The molecule has 7 heavy (non-hydrogen) atoms. The molecular weight excluding hydrogens is 112 g/mol. The molecule has 1 atom stereocenters. The number of thioether (sulfide) groups is 1. The van der Waals surface area contributed by atoms with Gasteiger partial charge in [-0.05, 0) is 0 Å². The Morgan fingerprint density at radius 3 is 3.14 bits per heavy atom. The van der Waals surface area contributed by atoms with Crippen molar-refractivity contribution in [3.05, 3.63) is 5.94 Å². The summed E-state index contributed by atoms with van der Waals surface area (Å²) >= 11 is 1.60. The molecule has 0 amide bonds. The maximum atomic E-state index is 8.41. The van der Waals surface area contributed by atoms with Crippen LogP contribution < -0.4 is 0 Å². The van der Waals surface area contributed by atoms with E-state index in [2.05, 4.69) is 0 Å². The van der Waals surface area contributed by atoms with E-state index in [0.29, 0.717) is 0 Å². The summed E-state index contributed by atoms with van der Waals surface area (Å²) in [5, 5.41) is 8.41. The molecule has 1 aliphatic heterocycles. The van der Waals surface area contributed by atoms with Crippen LogP contribution >= 0.6 is 11.8 Å². The lowest BCUT2D eigenvalue weighted by Crippen LogP contribution is -2.12. The zero-order valence-corrected chi connectivity index (χ0v) is 4.65. The van der Waals surface area contributed by atoms with Gasteiger partial charge in [-0.25, -0.2) is 0 Å². The molecule has 0 bridgehead atoms. The van der Waals surface area contributed by atoms with Crippen molar-refractivity contribution < 1.29 is 9.84 Å². The van der Waals surface area contributed by atoms with E-state index in [0.717, 1.165) is 5.75 Å². The van der Waals surface area contributed by atoms with Gasteiger partial charge in [-0.3, -0.25) is 0 Å². The molecule has 1 rings (SSSR count). The number of ether oxygens (including phenoxy) is 1. The minimum atomic E-state index is 0.0602. The lowest BCUT2D eigenvalue weighted by Gasteiger charge is -1.98. The SMILES string of the molecule is OCC1CS[CH]O1. The van der Waals surface area contributed by atoms with Crippen molar-refractivity contribution in [3.63, 3.8) is 0 Å². The fraction of sp³-hybridized carbons (Fsp3) is 0.750. The quantitative estimate of drug-likeness (QED) is 0.535. The predicted molar refractivity (Wildman–Crippen MR) is 28.7 cm³/mol. The smallest absolute Gasteiger partial charge is 0.139 e. The van der Waals surface area contributed by atoms with Crippen molar-refractivity contribution in [3.8, 4) is 0 Å². The van der Waals surface area contributed by atoms with E-state index in [9.17, 15) is 0 Å². The molecule has 1 heterocycles. The van der Waals surface area contributed by atoms with E-state index in [1.807, 2.05) is 0 Å². The van der Waals surface area contributed by atoms with Gasteiger partial charge in [-0.15, -0.1) is 11.8 Å². The molecule has 0 aromatic heterocycles. The summed E-state index contributed by atoms with van der Waals surface area (Å²) in [5.74, 6) is 2.57. The van der Waals surface area contributed by atoms with Gasteiger partial charge in [0.2, 0.25) is 0 Å². The topological polar surface area (TPSA) is 29.5 Å². The van der Waals surface area contributed by atoms with Crippen LogP contribution in [0.25, 0.3) is 0 Å². The van der Waals surface area contributed by atoms with Crippen LogP contribution in [-0.2, 0) is 4.74 Å². The number of hydrogen-bond donors (Lipinski definition) is 1. The van der Waals surface area contributed by atoms with Gasteiger partial charge in [-0.2, -0.15) is 0 Å². The van der Waals surface area contributed by atoms with Gasteiger partial charge in [0.05, 0.1) is 12.7 Å². The monoisotopic (exact) mass is 119 g/mol. The molecule has 0 aromatic rings. The molecule has 2 nitrogen and oxygen atoms in total. The molecule has 41 valence electrons. The zero-order chi connectivity index (χ0) is 5.11. The molecule has 1 saturated heterocycles. The van der Waals surface area contributed by atoms with E-state index in [1.165, 1.54) is 0 Å². The Balaban J connectivity index is 2.14. The summed E-state index contributed by atoms with van der Waals surface area (Å²) in [6.45, 7) is 0.142. The molecule has 0 spiro atoms. The summed E-state index contributed by atoms with van der Waals surface area (Å²) in [6.07, 6.45) is 0.0602. The maximum absolute atomic E-state index is 8.41. The molecule has 1 fully saturated rings. The molecule has 0 aliphatic carbocycles. The van der Waals surface area contributed by atoms with Crippen molar-refractivity contribution in [1.82, 2.24) is 0 Å². The highest BCUT2D eigenvalue weighted by atomic mass is 32.2. The Labute approximate surface area is 46.9 Å². The fourth-order valence-corrected chi connectivity index (χ4v) is 1.11. The van der Waals surface area contributed by atoms with E-state index < -0.39 is 0 Å². The third-order valence-electron chi connectivity index (χ3n) is 0.802. The molecule has 1 N–H and O–H groups in total. The van der Waals surface area contributed by atoms with Gasteiger partial charge in [0, 0.05) is 5.75 Å². The number of hydrogen-bond acceptors (Lipinski definition) is 3. The molecular formula is C4H7O2S. The second kappa shape index (κ2) is 2.55. The number of aliphatic hydroxyl groups is 1. The predicted octanol–water partition coefficient (Wildman–Crippen LogP) is 0.230. The Morgan fingerprint density at radius 2 is 2.86 bits per heavy atom. The van der Waals surface area contributed by atoms with Crippen LogP contribution in [0.15, 0.2) is 0 Å². The largest absolute Gasteiger partial charge is 0.394 e. The number of aliphatic hydroxyl groups excluding tert-OH is 1. The lowest BCUT2D eigenvalue weighted by molar-refractivity contribution is 0.0943. The zero-order valence-electron chi connectivity index (χ0n) is 3.83. The molecule has 0 aromatic carbocycles. The van der Waals surface area contributed by atoms with Crippen LogP contribution in [0, 0.1) is 5.94 Å². The highest BCUT2D eigenvalue weighted by Crippen LogP contribution is 2.19. The Morgan fingerprint density at radius 1 is 2.00 bits per heavy atom. The average Bonchev–Trinajstić information content (AvgIpc) is 2.14. The highest BCUT2D eigenvalue weighted by Gasteiger charge is 2.13. The second-order valence-electron chi connectivity index (χ2n) is 1.37.